The quantitative estimate of drug-likeness (QED) is 0.443. The Morgan fingerprint density at radius 3 is 1.64 bits per heavy atom. The van der Waals surface area contributed by atoms with E-state index in [1.807, 2.05) is 18.2 Å². The molecule has 1 N–H and O–H groups in total. The standard InChI is InChI=1S/C26H30O2/c1-2-3-9-22-14-16-23(17-15-22)10-6-4-5-7-11-24-18-20-25(21-19-24)12-8-13-26(27)28/h4-7,10-11,14-21H,2-3,8-9,12-13H2,1H3,(H,27,28)/b5-4+,10-6+,11-7+. The van der Waals surface area contributed by atoms with E-state index in [1.165, 1.54) is 29.5 Å². The lowest BCUT2D eigenvalue weighted by Crippen LogP contribution is -1.95. The Kier molecular flexibility index (Phi) is 9.57. The van der Waals surface area contributed by atoms with Gasteiger partial charge in [0.15, 0.2) is 0 Å². The monoisotopic (exact) mass is 374 g/mol. The number of hydrogen-bond acceptors (Lipinski definition) is 1. The van der Waals surface area contributed by atoms with Gasteiger partial charge in [0, 0.05) is 6.42 Å². The number of unbranched alkanes of at least 4 members (excludes halogenated alkanes) is 1. The highest BCUT2D eigenvalue weighted by Crippen LogP contribution is 2.10. The summed E-state index contributed by atoms with van der Waals surface area (Å²) in [4.78, 5) is 10.5. The molecule has 28 heavy (non-hydrogen) atoms. The van der Waals surface area contributed by atoms with Crippen LogP contribution >= 0.6 is 0 Å². The summed E-state index contributed by atoms with van der Waals surface area (Å²) < 4.78 is 0. The zero-order valence-electron chi connectivity index (χ0n) is 16.7. The second-order valence-electron chi connectivity index (χ2n) is 6.94. The molecule has 0 radical (unpaired) electrons. The summed E-state index contributed by atoms with van der Waals surface area (Å²) in [6.07, 6.45) is 17.7. The van der Waals surface area contributed by atoms with Crippen molar-refractivity contribution in [2.75, 3.05) is 0 Å². The molecule has 0 spiro atoms. The van der Waals surface area contributed by atoms with Crippen molar-refractivity contribution in [2.45, 2.75) is 45.4 Å². The third kappa shape index (κ3) is 8.68. The minimum absolute atomic E-state index is 0.225. The van der Waals surface area contributed by atoms with Crippen LogP contribution in [0.15, 0.2) is 72.8 Å². The Morgan fingerprint density at radius 2 is 1.21 bits per heavy atom. The molecular formula is C26H30O2. The normalized spacial score (nSPS) is 11.8. The smallest absolute Gasteiger partial charge is 0.303 e. The number of hydrogen-bond donors (Lipinski definition) is 1. The first-order chi connectivity index (χ1) is 13.7. The van der Waals surface area contributed by atoms with Crippen molar-refractivity contribution < 1.29 is 9.90 Å². The van der Waals surface area contributed by atoms with E-state index in [2.05, 4.69) is 73.7 Å². The van der Waals surface area contributed by atoms with Gasteiger partial charge in [-0.1, -0.05) is 98.3 Å². The van der Waals surface area contributed by atoms with Gasteiger partial charge >= 0.3 is 5.97 Å². The Bertz CT molecular complexity index is 793. The van der Waals surface area contributed by atoms with Gasteiger partial charge in [0.05, 0.1) is 0 Å². The molecule has 0 heterocycles. The fourth-order valence-corrected chi connectivity index (χ4v) is 2.88. The maximum Gasteiger partial charge on any atom is 0.303 e. The van der Waals surface area contributed by atoms with Crippen LogP contribution < -0.4 is 0 Å². The fourth-order valence-electron chi connectivity index (χ4n) is 2.88. The van der Waals surface area contributed by atoms with Crippen LogP contribution in [0.2, 0.25) is 0 Å². The van der Waals surface area contributed by atoms with Crippen molar-refractivity contribution in [3.63, 3.8) is 0 Å². The average Bonchev–Trinajstić information content (AvgIpc) is 2.70. The third-order valence-corrected chi connectivity index (χ3v) is 4.55. The maximum atomic E-state index is 10.5. The van der Waals surface area contributed by atoms with Crippen molar-refractivity contribution in [3.8, 4) is 0 Å². The first-order valence-corrected chi connectivity index (χ1v) is 10.1. The molecule has 0 aromatic heterocycles. The molecule has 0 unspecified atom stereocenters. The summed E-state index contributed by atoms with van der Waals surface area (Å²) in [6, 6.07) is 17.0. The molecule has 2 heteroatoms. The Morgan fingerprint density at radius 1 is 0.750 bits per heavy atom. The molecule has 0 atom stereocenters. The van der Waals surface area contributed by atoms with E-state index in [9.17, 15) is 4.79 Å². The van der Waals surface area contributed by atoms with Crippen LogP contribution in [-0.2, 0) is 17.6 Å². The first kappa shape index (κ1) is 21.4. The zero-order valence-corrected chi connectivity index (χ0v) is 16.7. The SMILES string of the molecule is CCCCc1ccc(/C=C/C=C/C=C/c2ccc(CCCC(=O)O)cc2)cc1. The molecule has 0 fully saturated rings. The van der Waals surface area contributed by atoms with E-state index in [0.717, 1.165) is 18.4 Å². The number of aryl methyl sites for hydroxylation is 2. The number of carboxylic acids is 1. The Labute approximate surface area is 168 Å². The number of carboxylic acid groups (broad SMARTS) is 1. The highest BCUT2D eigenvalue weighted by Gasteiger charge is 1.98. The highest BCUT2D eigenvalue weighted by atomic mass is 16.4. The van der Waals surface area contributed by atoms with Crippen molar-refractivity contribution in [2.24, 2.45) is 0 Å². The highest BCUT2D eigenvalue weighted by molar-refractivity contribution is 5.66. The predicted octanol–water partition coefficient (Wildman–Crippen LogP) is 6.72. The van der Waals surface area contributed by atoms with Gasteiger partial charge in [-0.3, -0.25) is 4.79 Å². The molecule has 0 saturated carbocycles. The molecule has 0 aliphatic carbocycles. The first-order valence-electron chi connectivity index (χ1n) is 10.1. The summed E-state index contributed by atoms with van der Waals surface area (Å²) >= 11 is 0. The Hall–Kier alpha value is -2.87. The molecule has 146 valence electrons. The van der Waals surface area contributed by atoms with Gasteiger partial charge in [-0.05, 0) is 47.9 Å². The molecule has 0 bridgehead atoms. The van der Waals surface area contributed by atoms with Crippen LogP contribution in [0.4, 0.5) is 0 Å². The number of allylic oxidation sites excluding steroid dienone is 4. The van der Waals surface area contributed by atoms with Crippen LogP contribution in [0, 0.1) is 0 Å². The van der Waals surface area contributed by atoms with Gasteiger partial charge < -0.3 is 5.11 Å². The van der Waals surface area contributed by atoms with Crippen molar-refractivity contribution in [3.05, 3.63) is 95.1 Å². The Balaban J connectivity index is 1.76. The second kappa shape index (κ2) is 12.5. The van der Waals surface area contributed by atoms with Crippen LogP contribution in [0.3, 0.4) is 0 Å². The molecule has 2 nitrogen and oxygen atoms in total. The summed E-state index contributed by atoms with van der Waals surface area (Å²) in [7, 11) is 0. The molecule has 0 amide bonds. The van der Waals surface area contributed by atoms with Crippen LogP contribution in [-0.4, -0.2) is 11.1 Å². The summed E-state index contributed by atoms with van der Waals surface area (Å²) in [5.74, 6) is -0.732. The largest absolute Gasteiger partial charge is 0.481 e. The van der Waals surface area contributed by atoms with Gasteiger partial charge in [-0.25, -0.2) is 0 Å². The second-order valence-corrected chi connectivity index (χ2v) is 6.94. The minimum Gasteiger partial charge on any atom is -0.481 e. The van der Waals surface area contributed by atoms with E-state index in [1.54, 1.807) is 0 Å². The topological polar surface area (TPSA) is 37.3 Å². The lowest BCUT2D eigenvalue weighted by molar-refractivity contribution is -0.137. The summed E-state index contributed by atoms with van der Waals surface area (Å²) in [5, 5.41) is 8.68. The number of rotatable bonds is 11. The number of benzene rings is 2. The van der Waals surface area contributed by atoms with E-state index in [4.69, 9.17) is 5.11 Å². The molecule has 2 rings (SSSR count). The van der Waals surface area contributed by atoms with E-state index in [0.29, 0.717) is 6.42 Å². The van der Waals surface area contributed by atoms with Gasteiger partial charge in [-0.15, -0.1) is 0 Å². The molecule has 0 aliphatic heterocycles. The van der Waals surface area contributed by atoms with Gasteiger partial charge in [0.2, 0.25) is 0 Å². The lowest BCUT2D eigenvalue weighted by atomic mass is 10.1. The third-order valence-electron chi connectivity index (χ3n) is 4.55. The van der Waals surface area contributed by atoms with Crippen LogP contribution in [0.25, 0.3) is 12.2 Å². The number of aliphatic carboxylic acids is 1. The molecule has 0 saturated heterocycles. The number of carbonyl (C=O) groups is 1. The van der Waals surface area contributed by atoms with E-state index >= 15 is 0 Å². The van der Waals surface area contributed by atoms with Crippen molar-refractivity contribution >= 4 is 18.1 Å². The molecule has 2 aromatic carbocycles. The van der Waals surface area contributed by atoms with Crippen molar-refractivity contribution in [1.29, 1.82) is 0 Å². The van der Waals surface area contributed by atoms with E-state index in [-0.39, 0.29) is 6.42 Å². The van der Waals surface area contributed by atoms with Crippen LogP contribution in [0.1, 0.15) is 54.9 Å². The lowest BCUT2D eigenvalue weighted by Gasteiger charge is -2.00. The minimum atomic E-state index is -0.732. The van der Waals surface area contributed by atoms with Gasteiger partial charge in [0.1, 0.15) is 0 Å². The van der Waals surface area contributed by atoms with E-state index < -0.39 is 5.97 Å². The average molecular weight is 375 g/mol. The maximum absolute atomic E-state index is 10.5. The molecule has 0 aliphatic rings. The van der Waals surface area contributed by atoms with Gasteiger partial charge in [-0.2, -0.15) is 0 Å². The summed E-state index contributed by atoms with van der Waals surface area (Å²) in [5.41, 5.74) is 4.94. The van der Waals surface area contributed by atoms with Gasteiger partial charge in [0.25, 0.3) is 0 Å². The predicted molar refractivity (Wildman–Crippen MR) is 119 cm³/mol. The molecular weight excluding hydrogens is 344 g/mol. The fraction of sp³-hybridized carbons (Fsp3) is 0.269. The van der Waals surface area contributed by atoms with Crippen LogP contribution in [0.5, 0.6) is 0 Å². The summed E-state index contributed by atoms with van der Waals surface area (Å²) in [6.45, 7) is 2.22. The van der Waals surface area contributed by atoms with Crippen molar-refractivity contribution in [1.82, 2.24) is 0 Å². The zero-order chi connectivity index (χ0) is 20.0. The molecule has 2 aromatic rings.